The molecule has 0 atom stereocenters. The minimum atomic E-state index is -0.236. The van der Waals surface area contributed by atoms with Crippen LogP contribution < -0.4 is 10.5 Å². The van der Waals surface area contributed by atoms with Gasteiger partial charge in [-0.15, -0.1) is 0 Å². The van der Waals surface area contributed by atoms with Gasteiger partial charge in [-0.25, -0.2) is 9.97 Å². The first-order valence-corrected chi connectivity index (χ1v) is 7.15. The van der Waals surface area contributed by atoms with E-state index in [0.29, 0.717) is 6.54 Å². The minimum absolute atomic E-state index is 0.236. The molecule has 2 aromatic rings. The van der Waals surface area contributed by atoms with E-state index in [0.717, 1.165) is 27.3 Å². The Morgan fingerprint density at radius 2 is 2.05 bits per heavy atom. The summed E-state index contributed by atoms with van der Waals surface area (Å²) in [7, 11) is 1.65. The van der Waals surface area contributed by atoms with Crippen molar-refractivity contribution in [1.29, 1.82) is 0 Å². The molecular formula is C15H18BrN3O. The van der Waals surface area contributed by atoms with Crippen LogP contribution in [0.25, 0.3) is 11.3 Å². The van der Waals surface area contributed by atoms with Crippen molar-refractivity contribution in [1.82, 2.24) is 9.97 Å². The predicted molar refractivity (Wildman–Crippen MR) is 83.8 cm³/mol. The summed E-state index contributed by atoms with van der Waals surface area (Å²) >= 11 is 3.49. The SMILES string of the molecule is COc1ccc(-c2ccnc(C(C)(C)CN)n2)cc1Br. The average molecular weight is 336 g/mol. The summed E-state index contributed by atoms with van der Waals surface area (Å²) in [5, 5.41) is 0. The fraction of sp³-hybridized carbons (Fsp3) is 0.333. The van der Waals surface area contributed by atoms with E-state index < -0.39 is 0 Å². The third-order valence-corrected chi connectivity index (χ3v) is 3.84. The molecule has 20 heavy (non-hydrogen) atoms. The molecular weight excluding hydrogens is 318 g/mol. The first-order chi connectivity index (χ1) is 9.47. The Kier molecular flexibility index (Phi) is 4.40. The first kappa shape index (κ1) is 14.9. The zero-order valence-electron chi connectivity index (χ0n) is 11.9. The highest BCUT2D eigenvalue weighted by atomic mass is 79.9. The Hall–Kier alpha value is -1.46. The molecule has 0 aliphatic rings. The molecule has 0 aliphatic carbocycles. The van der Waals surface area contributed by atoms with Gasteiger partial charge in [0.2, 0.25) is 0 Å². The monoisotopic (exact) mass is 335 g/mol. The number of rotatable bonds is 4. The molecule has 0 aliphatic heterocycles. The fourth-order valence-corrected chi connectivity index (χ4v) is 2.30. The van der Waals surface area contributed by atoms with E-state index in [2.05, 4.69) is 25.9 Å². The highest BCUT2D eigenvalue weighted by molar-refractivity contribution is 9.10. The summed E-state index contributed by atoms with van der Waals surface area (Å²) in [6, 6.07) is 7.77. The summed E-state index contributed by atoms with van der Waals surface area (Å²) < 4.78 is 6.13. The molecule has 5 heteroatoms. The van der Waals surface area contributed by atoms with Gasteiger partial charge in [-0.05, 0) is 40.2 Å². The minimum Gasteiger partial charge on any atom is -0.496 e. The van der Waals surface area contributed by atoms with Gasteiger partial charge in [0.25, 0.3) is 0 Å². The molecule has 1 aromatic heterocycles. The Morgan fingerprint density at radius 1 is 1.30 bits per heavy atom. The maximum atomic E-state index is 5.79. The predicted octanol–water partition coefficient (Wildman–Crippen LogP) is 3.15. The molecule has 0 fully saturated rings. The maximum Gasteiger partial charge on any atom is 0.135 e. The Bertz CT molecular complexity index is 614. The molecule has 4 nitrogen and oxygen atoms in total. The van der Waals surface area contributed by atoms with Gasteiger partial charge < -0.3 is 10.5 Å². The van der Waals surface area contributed by atoms with Crippen LogP contribution in [-0.4, -0.2) is 23.6 Å². The zero-order chi connectivity index (χ0) is 14.8. The summed E-state index contributed by atoms with van der Waals surface area (Å²) in [6.45, 7) is 4.58. The topological polar surface area (TPSA) is 61.0 Å². The average Bonchev–Trinajstić information content (AvgIpc) is 2.47. The standard InChI is InChI=1S/C15H18BrN3O/c1-15(2,9-17)14-18-7-6-12(19-14)10-4-5-13(20-3)11(16)8-10/h4-8H,9,17H2,1-3H3. The van der Waals surface area contributed by atoms with E-state index in [1.807, 2.05) is 38.1 Å². The number of ether oxygens (including phenoxy) is 1. The van der Waals surface area contributed by atoms with E-state index in [-0.39, 0.29) is 5.41 Å². The van der Waals surface area contributed by atoms with E-state index in [9.17, 15) is 0 Å². The molecule has 0 saturated heterocycles. The van der Waals surface area contributed by atoms with Crippen molar-refractivity contribution in [3.63, 3.8) is 0 Å². The van der Waals surface area contributed by atoms with Crippen molar-refractivity contribution in [2.24, 2.45) is 5.73 Å². The van der Waals surface area contributed by atoms with Crippen LogP contribution in [0.5, 0.6) is 5.75 Å². The number of nitrogens with zero attached hydrogens (tertiary/aromatic N) is 2. The Balaban J connectivity index is 2.43. The molecule has 2 rings (SSSR count). The van der Waals surface area contributed by atoms with Crippen LogP contribution in [0.1, 0.15) is 19.7 Å². The molecule has 0 unspecified atom stereocenters. The van der Waals surface area contributed by atoms with Gasteiger partial charge in [-0.3, -0.25) is 0 Å². The van der Waals surface area contributed by atoms with Gasteiger partial charge in [-0.1, -0.05) is 13.8 Å². The number of hydrogen-bond donors (Lipinski definition) is 1. The Labute approximate surface area is 127 Å². The molecule has 0 bridgehead atoms. The maximum absolute atomic E-state index is 5.79. The fourth-order valence-electron chi connectivity index (χ4n) is 1.76. The van der Waals surface area contributed by atoms with Crippen LogP contribution in [0.2, 0.25) is 0 Å². The van der Waals surface area contributed by atoms with Crippen molar-refractivity contribution in [3.8, 4) is 17.0 Å². The zero-order valence-corrected chi connectivity index (χ0v) is 13.4. The molecule has 2 N–H and O–H groups in total. The highest BCUT2D eigenvalue weighted by Crippen LogP contribution is 2.30. The van der Waals surface area contributed by atoms with Crippen molar-refractivity contribution < 1.29 is 4.74 Å². The van der Waals surface area contributed by atoms with Gasteiger partial charge in [0.1, 0.15) is 11.6 Å². The lowest BCUT2D eigenvalue weighted by Gasteiger charge is -2.20. The summed E-state index contributed by atoms with van der Waals surface area (Å²) in [5.41, 5.74) is 7.43. The second-order valence-corrected chi connectivity index (χ2v) is 6.06. The molecule has 106 valence electrons. The van der Waals surface area contributed by atoms with Crippen LogP contribution in [0.3, 0.4) is 0 Å². The first-order valence-electron chi connectivity index (χ1n) is 6.35. The van der Waals surface area contributed by atoms with Gasteiger partial charge >= 0.3 is 0 Å². The lowest BCUT2D eigenvalue weighted by Crippen LogP contribution is -2.30. The van der Waals surface area contributed by atoms with Crippen molar-refractivity contribution in [2.75, 3.05) is 13.7 Å². The van der Waals surface area contributed by atoms with E-state index >= 15 is 0 Å². The summed E-state index contributed by atoms with van der Waals surface area (Å²) in [5.74, 6) is 1.55. The van der Waals surface area contributed by atoms with Gasteiger partial charge in [0, 0.05) is 23.7 Å². The highest BCUT2D eigenvalue weighted by Gasteiger charge is 2.22. The van der Waals surface area contributed by atoms with Crippen LogP contribution in [-0.2, 0) is 5.41 Å². The number of aromatic nitrogens is 2. The van der Waals surface area contributed by atoms with Crippen molar-refractivity contribution in [2.45, 2.75) is 19.3 Å². The van der Waals surface area contributed by atoms with Gasteiger partial charge in [0.05, 0.1) is 17.3 Å². The molecule has 0 amide bonds. The van der Waals surface area contributed by atoms with Crippen LogP contribution in [0, 0.1) is 0 Å². The van der Waals surface area contributed by atoms with E-state index in [1.165, 1.54) is 0 Å². The van der Waals surface area contributed by atoms with Crippen LogP contribution in [0.4, 0.5) is 0 Å². The second-order valence-electron chi connectivity index (χ2n) is 5.20. The molecule has 0 spiro atoms. The van der Waals surface area contributed by atoms with Crippen LogP contribution >= 0.6 is 15.9 Å². The smallest absolute Gasteiger partial charge is 0.135 e. The van der Waals surface area contributed by atoms with Crippen LogP contribution in [0.15, 0.2) is 34.9 Å². The lowest BCUT2D eigenvalue weighted by molar-refractivity contribution is 0.412. The second kappa shape index (κ2) is 5.89. The largest absolute Gasteiger partial charge is 0.496 e. The normalized spacial score (nSPS) is 11.4. The summed E-state index contributed by atoms with van der Waals surface area (Å²) in [6.07, 6.45) is 1.77. The van der Waals surface area contributed by atoms with Gasteiger partial charge in [0.15, 0.2) is 0 Å². The quantitative estimate of drug-likeness (QED) is 0.932. The molecule has 0 radical (unpaired) electrons. The molecule has 1 heterocycles. The summed E-state index contributed by atoms with van der Waals surface area (Å²) in [4.78, 5) is 8.97. The van der Waals surface area contributed by atoms with Crippen molar-refractivity contribution >= 4 is 15.9 Å². The van der Waals surface area contributed by atoms with Crippen molar-refractivity contribution in [3.05, 3.63) is 40.8 Å². The van der Waals surface area contributed by atoms with E-state index in [4.69, 9.17) is 10.5 Å². The number of nitrogens with two attached hydrogens (primary N) is 1. The third-order valence-electron chi connectivity index (χ3n) is 3.22. The molecule has 1 aromatic carbocycles. The Morgan fingerprint density at radius 3 is 2.65 bits per heavy atom. The molecule has 0 saturated carbocycles. The number of halogens is 1. The number of hydrogen-bond acceptors (Lipinski definition) is 4. The third kappa shape index (κ3) is 2.99. The van der Waals surface area contributed by atoms with E-state index in [1.54, 1.807) is 13.3 Å². The number of benzene rings is 1. The number of methoxy groups -OCH3 is 1. The van der Waals surface area contributed by atoms with Gasteiger partial charge in [-0.2, -0.15) is 0 Å². The lowest BCUT2D eigenvalue weighted by atomic mass is 9.92.